The van der Waals surface area contributed by atoms with E-state index in [1.165, 1.54) is 0 Å². The minimum absolute atomic E-state index is 0.110. The van der Waals surface area contributed by atoms with Crippen molar-refractivity contribution in [1.29, 1.82) is 0 Å². The van der Waals surface area contributed by atoms with Crippen LogP contribution in [0.2, 0.25) is 5.02 Å². The van der Waals surface area contributed by atoms with E-state index in [1.807, 2.05) is 36.4 Å². The molecule has 0 saturated heterocycles. The molecule has 172 valence electrons. The average molecular weight is 463 g/mol. The van der Waals surface area contributed by atoms with Crippen LogP contribution in [0.1, 0.15) is 80.1 Å². The predicted molar refractivity (Wildman–Crippen MR) is 134 cm³/mol. The van der Waals surface area contributed by atoms with Gasteiger partial charge < -0.3 is 9.84 Å². The molecule has 0 amide bonds. The van der Waals surface area contributed by atoms with Gasteiger partial charge in [0.2, 0.25) is 5.78 Å². The number of rotatable bonds is 3. The fourth-order valence-electron chi connectivity index (χ4n) is 4.56. The van der Waals surface area contributed by atoms with E-state index in [1.54, 1.807) is 24.3 Å². The Morgan fingerprint density at radius 3 is 2.06 bits per heavy atom. The topological polar surface area (TPSA) is 46.5 Å². The highest BCUT2D eigenvalue weighted by Crippen LogP contribution is 2.47. The van der Waals surface area contributed by atoms with Gasteiger partial charge in [-0.2, -0.15) is 0 Å². The van der Waals surface area contributed by atoms with Gasteiger partial charge in [0.25, 0.3) is 0 Å². The molecule has 1 aliphatic rings. The summed E-state index contributed by atoms with van der Waals surface area (Å²) in [7, 11) is 0. The number of hydrogen-bond donors (Lipinski definition) is 1. The summed E-state index contributed by atoms with van der Waals surface area (Å²) in [6.07, 6.45) is -0.717. The van der Waals surface area contributed by atoms with Gasteiger partial charge in [-0.3, -0.25) is 4.79 Å². The van der Waals surface area contributed by atoms with Crippen molar-refractivity contribution in [2.75, 3.05) is 0 Å². The summed E-state index contributed by atoms with van der Waals surface area (Å²) in [5.74, 6) is 0.631. The second kappa shape index (κ2) is 8.22. The van der Waals surface area contributed by atoms with E-state index < -0.39 is 6.10 Å². The van der Waals surface area contributed by atoms with Crippen molar-refractivity contribution in [3.05, 3.63) is 93.5 Å². The minimum atomic E-state index is -0.717. The third kappa shape index (κ3) is 4.39. The van der Waals surface area contributed by atoms with Crippen LogP contribution >= 0.6 is 11.6 Å². The molecule has 0 bridgehead atoms. The number of hydrogen-bond acceptors (Lipinski definition) is 3. The fraction of sp³-hybridized carbons (Fsp3) is 0.345. The molecule has 4 rings (SSSR count). The van der Waals surface area contributed by atoms with Gasteiger partial charge >= 0.3 is 0 Å². The van der Waals surface area contributed by atoms with Gasteiger partial charge in [0.1, 0.15) is 11.5 Å². The number of para-hydroxylation sites is 1. The lowest BCUT2D eigenvalue weighted by Gasteiger charge is -2.30. The summed E-state index contributed by atoms with van der Waals surface area (Å²) in [4.78, 5) is 13.6. The van der Waals surface area contributed by atoms with Gasteiger partial charge in [-0.25, -0.2) is 0 Å². The highest BCUT2D eigenvalue weighted by atomic mass is 35.5. The smallest absolute Gasteiger partial charge is 0.204 e. The lowest BCUT2D eigenvalue weighted by atomic mass is 9.75. The molecule has 0 saturated carbocycles. The molecule has 33 heavy (non-hydrogen) atoms. The van der Waals surface area contributed by atoms with Crippen LogP contribution in [0, 0.1) is 0 Å². The Morgan fingerprint density at radius 1 is 0.879 bits per heavy atom. The third-order valence-electron chi connectivity index (χ3n) is 6.29. The number of phenols is 1. The normalized spacial score (nSPS) is 18.0. The first-order chi connectivity index (χ1) is 15.4. The lowest BCUT2D eigenvalue weighted by Crippen LogP contribution is -2.30. The lowest BCUT2D eigenvalue weighted by molar-refractivity contribution is 0.0806. The highest BCUT2D eigenvalue weighted by molar-refractivity contribution is 6.31. The number of phenolic OH excluding ortho intramolecular Hbond substituents is 1. The van der Waals surface area contributed by atoms with Crippen molar-refractivity contribution < 1.29 is 14.6 Å². The van der Waals surface area contributed by atoms with Gasteiger partial charge in [0.15, 0.2) is 6.10 Å². The Balaban J connectivity index is 1.93. The molecular weight excluding hydrogens is 432 g/mol. The van der Waals surface area contributed by atoms with E-state index in [0.29, 0.717) is 22.1 Å². The average Bonchev–Trinajstić information content (AvgIpc) is 3.11. The Morgan fingerprint density at radius 2 is 1.48 bits per heavy atom. The molecule has 0 aliphatic carbocycles. The van der Waals surface area contributed by atoms with Crippen LogP contribution in [-0.4, -0.2) is 17.0 Å². The zero-order valence-electron chi connectivity index (χ0n) is 20.1. The molecular formula is C29H31ClO3. The minimum Gasteiger partial charge on any atom is -0.507 e. The van der Waals surface area contributed by atoms with Crippen molar-refractivity contribution in [2.24, 2.45) is 0 Å². The van der Waals surface area contributed by atoms with E-state index in [-0.39, 0.29) is 22.5 Å². The molecule has 1 N–H and O–H groups in total. The molecule has 3 aromatic carbocycles. The molecule has 0 spiro atoms. The van der Waals surface area contributed by atoms with Crippen LogP contribution < -0.4 is 4.74 Å². The monoisotopic (exact) mass is 462 g/mol. The van der Waals surface area contributed by atoms with E-state index in [9.17, 15) is 9.90 Å². The fourth-order valence-corrected chi connectivity index (χ4v) is 4.75. The predicted octanol–water partition coefficient (Wildman–Crippen LogP) is 7.42. The number of ether oxygens (including phenoxy) is 1. The Labute approximate surface area is 201 Å². The van der Waals surface area contributed by atoms with Crippen LogP contribution in [0.25, 0.3) is 0 Å². The summed E-state index contributed by atoms with van der Waals surface area (Å²) in [6, 6.07) is 18.9. The number of halogens is 1. The van der Waals surface area contributed by atoms with Crippen LogP contribution in [-0.2, 0) is 10.8 Å². The summed E-state index contributed by atoms with van der Waals surface area (Å²) in [5.41, 5.74) is 3.65. The molecule has 3 aromatic rings. The van der Waals surface area contributed by atoms with Gasteiger partial charge in [0.05, 0.1) is 5.92 Å². The molecule has 0 aromatic heterocycles. The molecule has 4 heteroatoms. The van der Waals surface area contributed by atoms with Gasteiger partial charge in [0, 0.05) is 16.1 Å². The third-order valence-corrected chi connectivity index (χ3v) is 6.52. The molecule has 0 unspecified atom stereocenters. The standard InChI is InChI=1S/C29H31ClO3/c1-28(2,3)21-15-18(16-22(26(21)32)29(4,5)6)24-20-12-7-8-13-23(20)33-27(24)25(31)17-10-9-11-19(30)14-17/h7-16,24,27,32H,1-6H3/t24-,27-/m0/s1. The largest absolute Gasteiger partial charge is 0.507 e. The van der Waals surface area contributed by atoms with Crippen LogP contribution in [0.5, 0.6) is 11.5 Å². The van der Waals surface area contributed by atoms with Crippen LogP contribution in [0.4, 0.5) is 0 Å². The number of ketones is 1. The molecule has 1 heterocycles. The van der Waals surface area contributed by atoms with Crippen molar-refractivity contribution >= 4 is 17.4 Å². The van der Waals surface area contributed by atoms with E-state index in [0.717, 1.165) is 22.3 Å². The molecule has 0 fully saturated rings. The Hall–Kier alpha value is -2.78. The quantitative estimate of drug-likeness (QED) is 0.412. The second-order valence-electron chi connectivity index (χ2n) is 10.9. The first-order valence-corrected chi connectivity index (χ1v) is 11.7. The first kappa shape index (κ1) is 23.4. The number of aromatic hydroxyl groups is 1. The maximum atomic E-state index is 13.6. The number of Topliss-reactive ketones (excluding diaryl/α,β-unsaturated/α-hetero) is 1. The molecule has 3 nitrogen and oxygen atoms in total. The van der Waals surface area contributed by atoms with Crippen LogP contribution in [0.15, 0.2) is 60.7 Å². The summed E-state index contributed by atoms with van der Waals surface area (Å²) >= 11 is 6.18. The van der Waals surface area contributed by atoms with Gasteiger partial charge in [-0.05, 0) is 45.7 Å². The van der Waals surface area contributed by atoms with Crippen molar-refractivity contribution in [2.45, 2.75) is 64.4 Å². The zero-order valence-corrected chi connectivity index (χ0v) is 20.8. The number of benzene rings is 3. The maximum absolute atomic E-state index is 13.6. The Bertz CT molecular complexity index is 1180. The summed E-state index contributed by atoms with van der Waals surface area (Å²) < 4.78 is 6.26. The van der Waals surface area contributed by atoms with E-state index in [2.05, 4.69) is 41.5 Å². The second-order valence-corrected chi connectivity index (χ2v) is 11.3. The number of fused-ring (bicyclic) bond motifs is 1. The van der Waals surface area contributed by atoms with E-state index >= 15 is 0 Å². The SMILES string of the molecule is CC(C)(C)c1cc([C@H]2c3ccccc3O[C@@H]2C(=O)c2cccc(Cl)c2)cc(C(C)(C)C)c1O. The first-order valence-electron chi connectivity index (χ1n) is 11.3. The van der Waals surface area contributed by atoms with Gasteiger partial charge in [-0.1, -0.05) is 95.6 Å². The summed E-state index contributed by atoms with van der Waals surface area (Å²) in [6.45, 7) is 12.5. The molecule has 0 radical (unpaired) electrons. The number of carbonyl (C=O) groups excluding carboxylic acids is 1. The van der Waals surface area contributed by atoms with Crippen molar-refractivity contribution in [3.63, 3.8) is 0 Å². The van der Waals surface area contributed by atoms with E-state index in [4.69, 9.17) is 16.3 Å². The number of carbonyl (C=O) groups is 1. The highest BCUT2D eigenvalue weighted by Gasteiger charge is 2.42. The maximum Gasteiger partial charge on any atom is 0.204 e. The van der Waals surface area contributed by atoms with Crippen molar-refractivity contribution in [1.82, 2.24) is 0 Å². The molecule has 2 atom stereocenters. The Kier molecular flexibility index (Phi) is 5.82. The zero-order chi connectivity index (χ0) is 24.1. The summed E-state index contributed by atoms with van der Waals surface area (Å²) in [5, 5.41) is 11.7. The van der Waals surface area contributed by atoms with Crippen molar-refractivity contribution in [3.8, 4) is 11.5 Å². The molecule has 1 aliphatic heterocycles. The van der Waals surface area contributed by atoms with Crippen LogP contribution in [0.3, 0.4) is 0 Å². The van der Waals surface area contributed by atoms with Gasteiger partial charge in [-0.15, -0.1) is 0 Å².